The largest absolute Gasteiger partial charge is 0.397 e. The second-order valence-electron chi connectivity index (χ2n) is 4.44. The van der Waals surface area contributed by atoms with Crippen LogP contribution in [0.4, 0.5) is 0 Å². The minimum absolute atomic E-state index is 1.00. The van der Waals surface area contributed by atoms with Crippen molar-refractivity contribution in [3.05, 3.63) is 54.1 Å². The molecule has 0 N–H and O–H groups in total. The van der Waals surface area contributed by atoms with Gasteiger partial charge in [0.25, 0.3) is 0 Å². The number of rotatable bonds is 5. The predicted octanol–water partition coefficient (Wildman–Crippen LogP) is 2.64. The topological polar surface area (TPSA) is 18.5 Å². The Bertz CT molecular complexity index is 522. The minimum atomic E-state index is -1.76. The summed E-state index contributed by atoms with van der Waals surface area (Å²) in [6, 6.07) is 17.0. The molecule has 0 atom stereocenters. The van der Waals surface area contributed by atoms with Crippen LogP contribution in [-0.4, -0.2) is 23.5 Å². The Labute approximate surface area is 116 Å². The van der Waals surface area contributed by atoms with Crippen molar-refractivity contribution in [1.29, 1.82) is 0 Å². The second kappa shape index (κ2) is 6.66. The molecule has 0 saturated heterocycles. The van der Waals surface area contributed by atoms with E-state index in [9.17, 15) is 0 Å². The Kier molecular flexibility index (Phi) is 4.91. The molecule has 0 aliphatic carbocycles. The molecule has 0 bridgehead atoms. The first-order chi connectivity index (χ1) is 9.30. The number of aryl methyl sites for hydroxylation is 1. The molecule has 0 aromatic heterocycles. The molecular formula is C16H20O2Si. The van der Waals surface area contributed by atoms with Crippen LogP contribution >= 0.6 is 0 Å². The molecule has 0 heterocycles. The van der Waals surface area contributed by atoms with E-state index < -0.39 is 9.28 Å². The van der Waals surface area contributed by atoms with Crippen molar-refractivity contribution in [3.8, 4) is 11.1 Å². The van der Waals surface area contributed by atoms with Crippen molar-refractivity contribution in [3.63, 3.8) is 0 Å². The molecule has 3 heteroatoms. The van der Waals surface area contributed by atoms with Gasteiger partial charge in [0.15, 0.2) is 0 Å². The third-order valence-electron chi connectivity index (χ3n) is 3.32. The molecule has 0 radical (unpaired) electrons. The van der Waals surface area contributed by atoms with E-state index in [2.05, 4.69) is 49.4 Å². The van der Waals surface area contributed by atoms with E-state index in [1.165, 1.54) is 21.9 Å². The van der Waals surface area contributed by atoms with Crippen molar-refractivity contribution in [2.24, 2.45) is 0 Å². The molecular weight excluding hydrogens is 252 g/mol. The van der Waals surface area contributed by atoms with Crippen LogP contribution in [0.2, 0.25) is 0 Å². The first kappa shape index (κ1) is 14.0. The summed E-state index contributed by atoms with van der Waals surface area (Å²) in [4.78, 5) is 0. The highest BCUT2D eigenvalue weighted by Crippen LogP contribution is 2.19. The van der Waals surface area contributed by atoms with Gasteiger partial charge in [0, 0.05) is 14.2 Å². The summed E-state index contributed by atoms with van der Waals surface area (Å²) >= 11 is 0. The summed E-state index contributed by atoms with van der Waals surface area (Å²) in [6.45, 7) is 2.16. The third kappa shape index (κ3) is 3.12. The first-order valence-electron chi connectivity index (χ1n) is 6.54. The zero-order valence-corrected chi connectivity index (χ0v) is 12.9. The molecule has 19 heavy (non-hydrogen) atoms. The summed E-state index contributed by atoms with van der Waals surface area (Å²) in [5.74, 6) is 0. The average Bonchev–Trinajstić information content (AvgIpc) is 2.49. The summed E-state index contributed by atoms with van der Waals surface area (Å²) in [5.41, 5.74) is 3.77. The van der Waals surface area contributed by atoms with Crippen LogP contribution in [0.3, 0.4) is 0 Å². The zero-order chi connectivity index (χ0) is 13.7. The summed E-state index contributed by atoms with van der Waals surface area (Å²) in [6.07, 6.45) is 1.00. The van der Waals surface area contributed by atoms with Gasteiger partial charge in [-0.05, 0) is 28.3 Å². The fraction of sp³-hybridized carbons (Fsp3) is 0.250. The van der Waals surface area contributed by atoms with E-state index in [0.717, 1.165) is 6.42 Å². The van der Waals surface area contributed by atoms with Crippen LogP contribution < -0.4 is 5.19 Å². The van der Waals surface area contributed by atoms with Crippen molar-refractivity contribution < 1.29 is 8.85 Å². The standard InChI is InChI=1S/C16H20O2Si/c1-4-13-10-11-15(14-8-6-5-7-9-14)12-16(13)19(17-2)18-3/h5-12,19H,4H2,1-3H3. The normalized spacial score (nSPS) is 10.9. The van der Waals surface area contributed by atoms with Gasteiger partial charge in [0.2, 0.25) is 0 Å². The molecule has 0 unspecified atom stereocenters. The molecule has 0 amide bonds. The zero-order valence-electron chi connectivity index (χ0n) is 11.7. The second-order valence-corrected chi connectivity index (χ2v) is 6.67. The van der Waals surface area contributed by atoms with Crippen molar-refractivity contribution in [2.45, 2.75) is 13.3 Å². The molecule has 2 aromatic rings. The molecule has 0 aliphatic heterocycles. The molecule has 0 aliphatic rings. The molecule has 0 fully saturated rings. The lowest BCUT2D eigenvalue weighted by molar-refractivity contribution is 0.291. The number of hydrogen-bond acceptors (Lipinski definition) is 2. The van der Waals surface area contributed by atoms with Gasteiger partial charge in [0.1, 0.15) is 0 Å². The molecule has 2 aromatic carbocycles. The monoisotopic (exact) mass is 272 g/mol. The van der Waals surface area contributed by atoms with E-state index >= 15 is 0 Å². The van der Waals surface area contributed by atoms with Crippen LogP contribution in [0.25, 0.3) is 11.1 Å². The highest BCUT2D eigenvalue weighted by Gasteiger charge is 2.17. The fourth-order valence-corrected chi connectivity index (χ4v) is 3.92. The van der Waals surface area contributed by atoms with Crippen LogP contribution in [0.15, 0.2) is 48.5 Å². The van der Waals surface area contributed by atoms with Crippen molar-refractivity contribution >= 4 is 14.5 Å². The maximum Gasteiger partial charge on any atom is 0.355 e. The van der Waals surface area contributed by atoms with Gasteiger partial charge in [-0.3, -0.25) is 0 Å². The SMILES string of the molecule is CCc1ccc(-c2ccccc2)cc1[SiH](OC)OC. The third-order valence-corrected chi connectivity index (χ3v) is 5.22. The Morgan fingerprint density at radius 3 is 2.16 bits per heavy atom. The molecule has 100 valence electrons. The maximum absolute atomic E-state index is 5.54. The lowest BCUT2D eigenvalue weighted by Crippen LogP contribution is -2.37. The number of hydrogen-bond donors (Lipinski definition) is 0. The molecule has 0 spiro atoms. The van der Waals surface area contributed by atoms with Crippen molar-refractivity contribution in [1.82, 2.24) is 0 Å². The smallest absolute Gasteiger partial charge is 0.355 e. The molecule has 2 nitrogen and oxygen atoms in total. The average molecular weight is 272 g/mol. The highest BCUT2D eigenvalue weighted by molar-refractivity contribution is 6.61. The predicted molar refractivity (Wildman–Crippen MR) is 82.1 cm³/mol. The summed E-state index contributed by atoms with van der Waals surface area (Å²) in [7, 11) is 1.70. The van der Waals surface area contributed by atoms with Gasteiger partial charge in [-0.25, -0.2) is 0 Å². The van der Waals surface area contributed by atoms with Gasteiger partial charge in [-0.2, -0.15) is 0 Å². The Hall–Kier alpha value is -1.42. The van der Waals surface area contributed by atoms with Gasteiger partial charge < -0.3 is 8.85 Å². The Morgan fingerprint density at radius 2 is 1.58 bits per heavy atom. The number of benzene rings is 2. The Morgan fingerprint density at radius 1 is 0.895 bits per heavy atom. The highest BCUT2D eigenvalue weighted by atomic mass is 28.3. The lowest BCUT2D eigenvalue weighted by Gasteiger charge is -2.16. The van der Waals surface area contributed by atoms with E-state index in [1.54, 1.807) is 14.2 Å². The van der Waals surface area contributed by atoms with E-state index in [1.807, 2.05) is 6.07 Å². The molecule has 0 saturated carbocycles. The molecule has 2 rings (SSSR count). The van der Waals surface area contributed by atoms with Crippen LogP contribution in [0, 0.1) is 0 Å². The van der Waals surface area contributed by atoms with Gasteiger partial charge in [0.05, 0.1) is 0 Å². The Balaban J connectivity index is 2.46. The fourth-order valence-electron chi connectivity index (χ4n) is 2.30. The van der Waals surface area contributed by atoms with Crippen molar-refractivity contribution in [2.75, 3.05) is 14.2 Å². The van der Waals surface area contributed by atoms with E-state index in [0.29, 0.717) is 0 Å². The minimum Gasteiger partial charge on any atom is -0.397 e. The van der Waals surface area contributed by atoms with E-state index in [4.69, 9.17) is 8.85 Å². The first-order valence-corrected chi connectivity index (χ1v) is 8.06. The van der Waals surface area contributed by atoms with Gasteiger partial charge in [-0.15, -0.1) is 0 Å². The van der Waals surface area contributed by atoms with Gasteiger partial charge in [-0.1, -0.05) is 55.5 Å². The lowest BCUT2D eigenvalue weighted by atomic mass is 10.0. The van der Waals surface area contributed by atoms with Crippen LogP contribution in [0.5, 0.6) is 0 Å². The maximum atomic E-state index is 5.54. The van der Waals surface area contributed by atoms with E-state index in [-0.39, 0.29) is 0 Å². The quantitative estimate of drug-likeness (QED) is 0.779. The summed E-state index contributed by atoms with van der Waals surface area (Å²) < 4.78 is 11.1. The van der Waals surface area contributed by atoms with Crippen LogP contribution in [0.1, 0.15) is 12.5 Å². The van der Waals surface area contributed by atoms with Gasteiger partial charge >= 0.3 is 9.28 Å². The van der Waals surface area contributed by atoms with Crippen LogP contribution in [-0.2, 0) is 15.3 Å². The summed E-state index contributed by atoms with van der Waals surface area (Å²) in [5, 5.41) is 1.24.